The number of aliphatic imine (C=N–C) groups is 1. The van der Waals surface area contributed by atoms with Gasteiger partial charge < -0.3 is 10.2 Å². The Morgan fingerprint density at radius 2 is 1.60 bits per heavy atom. The van der Waals surface area contributed by atoms with E-state index in [0.29, 0.717) is 36.2 Å². The van der Waals surface area contributed by atoms with E-state index in [1.165, 1.54) is 23.1 Å². The molecule has 1 atom stereocenters. The first kappa shape index (κ1) is 27.3. The number of anilines is 1. The van der Waals surface area contributed by atoms with Gasteiger partial charge in [-0.25, -0.2) is 9.38 Å². The number of nitrogens with zero attached hydrogens (tertiary/aromatic N) is 4. The number of para-hydroxylation sites is 1. The van der Waals surface area contributed by atoms with Gasteiger partial charge in [-0.1, -0.05) is 36.4 Å². The highest BCUT2D eigenvalue weighted by Gasteiger charge is 2.37. The molecule has 1 N–H and O–H groups in total. The van der Waals surface area contributed by atoms with Gasteiger partial charge in [-0.3, -0.25) is 19.3 Å². The standard InChI is InChI=1S/C33H30FN5O3/c34-27-10-3-1-8-25(27)30-26-9-2-4-11-28(26)39(20-29(40)38-18-21-12-13-22(19-38)15-14-21)33(42)31(36-30)37-32(41)24-7-5-6-23(16-24)17-35/h1-11,16,21-22,31H,12-15,18-20H2,(H,37,41). The molecule has 0 spiro atoms. The van der Waals surface area contributed by atoms with Gasteiger partial charge >= 0.3 is 0 Å². The number of nitrogens with one attached hydrogen (secondary N) is 1. The number of benzodiazepines with no additional fused rings is 1. The molecule has 9 heteroatoms. The summed E-state index contributed by atoms with van der Waals surface area (Å²) in [5.41, 5.74) is 1.71. The van der Waals surface area contributed by atoms with Crippen molar-refractivity contribution in [1.29, 1.82) is 5.26 Å². The van der Waals surface area contributed by atoms with E-state index in [1.807, 2.05) is 11.0 Å². The lowest BCUT2D eigenvalue weighted by Crippen LogP contribution is -2.51. The quantitative estimate of drug-likeness (QED) is 0.500. The third-order valence-electron chi connectivity index (χ3n) is 8.43. The van der Waals surface area contributed by atoms with Gasteiger partial charge in [-0.05, 0) is 73.9 Å². The molecule has 7 rings (SSSR count). The third kappa shape index (κ3) is 5.40. The number of fused-ring (bicyclic) bond motifs is 5. The molecule has 8 nitrogen and oxygen atoms in total. The van der Waals surface area contributed by atoms with Crippen LogP contribution in [0.3, 0.4) is 0 Å². The highest BCUT2D eigenvalue weighted by atomic mass is 19.1. The van der Waals surface area contributed by atoms with Crippen LogP contribution in [-0.4, -0.2) is 54.1 Å². The van der Waals surface area contributed by atoms with Crippen LogP contribution in [-0.2, 0) is 9.59 Å². The minimum atomic E-state index is -1.45. The maximum absolute atomic E-state index is 15.1. The second kappa shape index (κ2) is 11.6. The number of carbonyl (C=O) groups is 3. The van der Waals surface area contributed by atoms with Gasteiger partial charge in [0.1, 0.15) is 12.4 Å². The fraction of sp³-hybridized carbons (Fsp3) is 0.303. The maximum Gasteiger partial charge on any atom is 0.272 e. The van der Waals surface area contributed by atoms with Crippen molar-refractivity contribution in [2.24, 2.45) is 16.8 Å². The number of amides is 3. The predicted octanol–water partition coefficient (Wildman–Crippen LogP) is 4.29. The van der Waals surface area contributed by atoms with E-state index in [0.717, 1.165) is 25.7 Å². The molecular weight excluding hydrogens is 533 g/mol. The molecule has 3 aliphatic heterocycles. The Morgan fingerprint density at radius 1 is 0.929 bits per heavy atom. The Hall–Kier alpha value is -4.84. The molecule has 3 fully saturated rings. The molecule has 3 heterocycles. The monoisotopic (exact) mass is 563 g/mol. The van der Waals surface area contributed by atoms with Crippen LogP contribution < -0.4 is 10.2 Å². The third-order valence-corrected chi connectivity index (χ3v) is 8.43. The minimum Gasteiger partial charge on any atom is -0.341 e. The van der Waals surface area contributed by atoms with E-state index >= 15 is 4.39 Å². The Bertz CT molecular complexity index is 1610. The Morgan fingerprint density at radius 3 is 2.29 bits per heavy atom. The van der Waals surface area contributed by atoms with Gasteiger partial charge in [0.2, 0.25) is 12.1 Å². The number of carbonyl (C=O) groups excluding carboxylic acids is 3. The topological polar surface area (TPSA) is 106 Å². The van der Waals surface area contributed by atoms with Crippen molar-refractivity contribution < 1.29 is 18.8 Å². The van der Waals surface area contributed by atoms with Crippen LogP contribution in [0, 0.1) is 29.0 Å². The van der Waals surface area contributed by atoms with E-state index in [9.17, 15) is 19.6 Å². The smallest absolute Gasteiger partial charge is 0.272 e. The maximum atomic E-state index is 15.1. The van der Waals surface area contributed by atoms with Crippen LogP contribution >= 0.6 is 0 Å². The fourth-order valence-electron chi connectivity index (χ4n) is 6.23. The van der Waals surface area contributed by atoms with Crippen molar-refractivity contribution in [2.75, 3.05) is 24.5 Å². The summed E-state index contributed by atoms with van der Waals surface area (Å²) in [7, 11) is 0. The molecule has 1 unspecified atom stereocenters. The van der Waals surface area contributed by atoms with Crippen LogP contribution in [0.15, 0.2) is 77.8 Å². The first-order valence-electron chi connectivity index (χ1n) is 14.2. The summed E-state index contributed by atoms with van der Waals surface area (Å²) >= 11 is 0. The molecule has 4 aliphatic rings. The number of halogens is 1. The van der Waals surface area contributed by atoms with Crippen molar-refractivity contribution in [1.82, 2.24) is 10.2 Å². The average molecular weight is 564 g/mol. The van der Waals surface area contributed by atoms with Crippen LogP contribution in [0.4, 0.5) is 10.1 Å². The lowest BCUT2D eigenvalue weighted by Gasteiger charge is -2.29. The molecule has 2 saturated heterocycles. The summed E-state index contributed by atoms with van der Waals surface area (Å²) in [6, 6.07) is 21.2. The Labute approximate surface area is 243 Å². The molecule has 0 aromatic heterocycles. The molecule has 1 saturated carbocycles. The molecule has 42 heavy (non-hydrogen) atoms. The molecule has 2 bridgehead atoms. The van der Waals surface area contributed by atoms with E-state index in [2.05, 4.69) is 10.3 Å². The zero-order valence-electron chi connectivity index (χ0n) is 23.0. The van der Waals surface area contributed by atoms with Crippen molar-refractivity contribution in [3.05, 3.63) is 101 Å². The highest BCUT2D eigenvalue weighted by molar-refractivity contribution is 6.21. The summed E-state index contributed by atoms with van der Waals surface area (Å²) in [6.45, 7) is 1.11. The largest absolute Gasteiger partial charge is 0.341 e. The number of nitriles is 1. The zero-order valence-corrected chi connectivity index (χ0v) is 23.0. The van der Waals surface area contributed by atoms with Crippen LogP contribution in [0.1, 0.15) is 52.7 Å². The highest BCUT2D eigenvalue weighted by Crippen LogP contribution is 2.34. The van der Waals surface area contributed by atoms with Crippen LogP contribution in [0.2, 0.25) is 0 Å². The van der Waals surface area contributed by atoms with E-state index in [4.69, 9.17) is 0 Å². The first-order valence-corrected chi connectivity index (χ1v) is 14.2. The molecular formula is C33H30FN5O3. The number of benzene rings is 3. The van der Waals surface area contributed by atoms with Gasteiger partial charge in [0, 0.05) is 29.8 Å². The second-order valence-electron chi connectivity index (χ2n) is 11.2. The lowest BCUT2D eigenvalue weighted by molar-refractivity contribution is -0.132. The summed E-state index contributed by atoms with van der Waals surface area (Å²) in [5.74, 6) is -1.000. The average Bonchev–Trinajstić information content (AvgIpc) is 3.40. The summed E-state index contributed by atoms with van der Waals surface area (Å²) < 4.78 is 15.1. The van der Waals surface area contributed by atoms with Crippen molar-refractivity contribution in [3.63, 3.8) is 0 Å². The summed E-state index contributed by atoms with van der Waals surface area (Å²) in [4.78, 5) is 49.1. The Kier molecular flexibility index (Phi) is 7.53. The first-order chi connectivity index (χ1) is 20.4. The zero-order chi connectivity index (χ0) is 29.2. The van der Waals surface area contributed by atoms with Crippen LogP contribution in [0.5, 0.6) is 0 Å². The van der Waals surface area contributed by atoms with Crippen molar-refractivity contribution in [2.45, 2.75) is 31.8 Å². The van der Waals surface area contributed by atoms with Gasteiger partial charge in [0.15, 0.2) is 0 Å². The van der Waals surface area contributed by atoms with E-state index in [1.54, 1.807) is 54.6 Å². The summed E-state index contributed by atoms with van der Waals surface area (Å²) in [5, 5.41) is 11.9. The SMILES string of the molecule is N#Cc1cccc(C(=O)NC2N=C(c3ccccc3F)c3ccccc3N(CC(=O)N3CC4CCC(CC4)C3)C2=O)c1. The minimum absolute atomic E-state index is 0.167. The number of rotatable bonds is 5. The molecule has 3 amide bonds. The van der Waals surface area contributed by atoms with E-state index < -0.39 is 23.8 Å². The Balaban J connectivity index is 1.39. The van der Waals surface area contributed by atoms with Gasteiger partial charge in [-0.2, -0.15) is 5.26 Å². The number of hydrogen-bond donors (Lipinski definition) is 1. The van der Waals surface area contributed by atoms with Gasteiger partial charge in [0.25, 0.3) is 11.8 Å². The second-order valence-corrected chi connectivity index (χ2v) is 11.2. The normalized spacial score (nSPS) is 21.5. The van der Waals surface area contributed by atoms with Gasteiger partial charge in [0.05, 0.1) is 23.0 Å². The molecule has 212 valence electrons. The van der Waals surface area contributed by atoms with Gasteiger partial charge in [-0.15, -0.1) is 0 Å². The van der Waals surface area contributed by atoms with Crippen molar-refractivity contribution in [3.8, 4) is 6.07 Å². The molecule has 1 aliphatic carbocycles. The summed E-state index contributed by atoms with van der Waals surface area (Å²) in [6.07, 6.45) is 3.00. The van der Waals surface area contributed by atoms with E-state index in [-0.39, 0.29) is 34.9 Å². The number of hydrogen-bond acceptors (Lipinski definition) is 5. The predicted molar refractivity (Wildman–Crippen MR) is 155 cm³/mol. The van der Waals surface area contributed by atoms with Crippen LogP contribution in [0.25, 0.3) is 0 Å². The molecule has 3 aromatic carbocycles. The fourth-order valence-corrected chi connectivity index (χ4v) is 6.23. The van der Waals surface area contributed by atoms with Crippen molar-refractivity contribution >= 4 is 29.1 Å². The molecule has 0 radical (unpaired) electrons. The lowest BCUT2D eigenvalue weighted by atomic mass is 9.84. The molecule has 3 aromatic rings.